The van der Waals surface area contributed by atoms with Crippen molar-refractivity contribution in [2.45, 2.75) is 12.6 Å². The maximum Gasteiger partial charge on any atom is 0.337 e. The van der Waals surface area contributed by atoms with Gasteiger partial charge in [0, 0.05) is 67.1 Å². The SMILES string of the molecule is O=C(O)c1cc(F)c(-c2cccc3c2OCN(C(=O)c2c(Cl)cc(N4CC5(C4)CN(C4COC4)C5)cc2Cl)C3)cc1N1CCOCC1. The molecule has 246 valence electrons. The lowest BCUT2D eigenvalue weighted by Crippen LogP contribution is -2.75. The average molecular weight is 684 g/mol. The molecule has 10 nitrogen and oxygen atoms in total. The average Bonchev–Trinajstić information content (AvgIpc) is 2.99. The van der Waals surface area contributed by atoms with Crippen LogP contribution in [0.5, 0.6) is 5.75 Å². The minimum absolute atomic E-state index is 0.0976. The van der Waals surface area contributed by atoms with E-state index in [0.29, 0.717) is 60.3 Å². The van der Waals surface area contributed by atoms with E-state index in [1.807, 2.05) is 11.0 Å². The zero-order chi connectivity index (χ0) is 32.4. The lowest BCUT2D eigenvalue weighted by atomic mass is 9.71. The Labute approximate surface area is 281 Å². The normalized spacial score (nSPS) is 20.6. The predicted molar refractivity (Wildman–Crippen MR) is 174 cm³/mol. The van der Waals surface area contributed by atoms with Gasteiger partial charge in [0.1, 0.15) is 11.6 Å². The molecule has 4 fully saturated rings. The molecular formula is C34H33Cl2FN4O6. The van der Waals surface area contributed by atoms with Crippen LogP contribution >= 0.6 is 23.2 Å². The number of anilines is 2. The van der Waals surface area contributed by atoms with Gasteiger partial charge in [0.05, 0.1) is 65.9 Å². The Morgan fingerprint density at radius 2 is 1.64 bits per heavy atom. The standard InChI is InChI=1S/C34H33Cl2FN4O6/c35-26-8-21(40-15-34(16-40)17-41(18-34)22-13-46-14-22)9-27(36)30(26)32(42)39-12-20-2-1-3-23(31(20)47-19-39)24-11-29(38-4-6-45-7-5-38)25(33(43)44)10-28(24)37/h1-3,8-11,22H,4-7,12-19H2,(H,43,44). The number of para-hydroxylation sites is 1. The monoisotopic (exact) mass is 682 g/mol. The van der Waals surface area contributed by atoms with E-state index in [9.17, 15) is 14.7 Å². The molecule has 4 saturated heterocycles. The van der Waals surface area contributed by atoms with Crippen LogP contribution in [-0.2, 0) is 16.0 Å². The number of carbonyl (C=O) groups excluding carboxylic acids is 1. The van der Waals surface area contributed by atoms with Gasteiger partial charge in [-0.2, -0.15) is 0 Å². The van der Waals surface area contributed by atoms with E-state index < -0.39 is 11.8 Å². The molecule has 5 aliphatic heterocycles. The van der Waals surface area contributed by atoms with Crippen molar-refractivity contribution in [3.8, 4) is 16.9 Å². The van der Waals surface area contributed by atoms with Crippen LogP contribution in [0.4, 0.5) is 15.8 Å². The summed E-state index contributed by atoms with van der Waals surface area (Å²) in [5.41, 5.74) is 3.07. The smallest absolute Gasteiger partial charge is 0.337 e. The molecule has 5 heterocycles. The molecule has 0 radical (unpaired) electrons. The molecule has 1 spiro atoms. The molecule has 0 aliphatic carbocycles. The fraction of sp³-hybridized carbons (Fsp3) is 0.412. The Bertz CT molecular complexity index is 1740. The van der Waals surface area contributed by atoms with E-state index in [-0.39, 0.29) is 45.9 Å². The first-order valence-corrected chi connectivity index (χ1v) is 16.4. The number of nitrogens with zero attached hydrogens (tertiary/aromatic N) is 4. The van der Waals surface area contributed by atoms with Gasteiger partial charge in [0.25, 0.3) is 5.91 Å². The summed E-state index contributed by atoms with van der Waals surface area (Å²) in [6.07, 6.45) is 0. The molecule has 1 N–H and O–H groups in total. The van der Waals surface area contributed by atoms with E-state index in [1.54, 1.807) is 30.3 Å². The number of carbonyl (C=O) groups is 2. The van der Waals surface area contributed by atoms with E-state index in [1.165, 1.54) is 4.90 Å². The number of carboxylic acid groups (broad SMARTS) is 1. The third kappa shape index (κ3) is 5.38. The van der Waals surface area contributed by atoms with Gasteiger partial charge in [-0.05, 0) is 24.3 Å². The van der Waals surface area contributed by atoms with E-state index in [2.05, 4.69) is 9.80 Å². The van der Waals surface area contributed by atoms with E-state index in [4.69, 9.17) is 37.4 Å². The van der Waals surface area contributed by atoms with Crippen LogP contribution < -0.4 is 14.5 Å². The first-order valence-electron chi connectivity index (χ1n) is 15.7. The zero-order valence-electron chi connectivity index (χ0n) is 25.5. The molecule has 3 aromatic carbocycles. The summed E-state index contributed by atoms with van der Waals surface area (Å²) in [7, 11) is 0. The molecule has 0 aromatic heterocycles. The highest BCUT2D eigenvalue weighted by atomic mass is 35.5. The van der Waals surface area contributed by atoms with Gasteiger partial charge in [-0.1, -0.05) is 41.4 Å². The van der Waals surface area contributed by atoms with Crippen molar-refractivity contribution in [2.75, 3.05) is 82.2 Å². The van der Waals surface area contributed by atoms with Crippen molar-refractivity contribution >= 4 is 46.5 Å². The molecular weight excluding hydrogens is 650 g/mol. The number of rotatable bonds is 6. The number of fused-ring (bicyclic) bond motifs is 1. The van der Waals surface area contributed by atoms with Gasteiger partial charge >= 0.3 is 5.97 Å². The first-order chi connectivity index (χ1) is 22.7. The van der Waals surface area contributed by atoms with Gasteiger partial charge in [0.2, 0.25) is 0 Å². The number of amides is 1. The zero-order valence-corrected chi connectivity index (χ0v) is 27.0. The van der Waals surface area contributed by atoms with Crippen LogP contribution in [0.1, 0.15) is 26.3 Å². The lowest BCUT2D eigenvalue weighted by molar-refractivity contribution is -0.137. The number of hydrogen-bond donors (Lipinski definition) is 1. The second-order valence-electron chi connectivity index (χ2n) is 13.1. The van der Waals surface area contributed by atoms with Crippen molar-refractivity contribution in [2.24, 2.45) is 5.41 Å². The lowest BCUT2D eigenvalue weighted by Gasteiger charge is -2.63. The molecule has 1 amide bonds. The summed E-state index contributed by atoms with van der Waals surface area (Å²) in [5, 5.41) is 10.3. The number of carboxylic acids is 1. The van der Waals surface area contributed by atoms with Crippen LogP contribution in [0.2, 0.25) is 10.0 Å². The van der Waals surface area contributed by atoms with E-state index in [0.717, 1.165) is 51.1 Å². The number of benzene rings is 3. The second kappa shape index (κ2) is 11.8. The number of ether oxygens (including phenoxy) is 3. The highest BCUT2D eigenvalue weighted by Gasteiger charge is 2.54. The maximum atomic E-state index is 15.5. The molecule has 3 aromatic rings. The van der Waals surface area contributed by atoms with Crippen LogP contribution in [0.3, 0.4) is 0 Å². The molecule has 0 saturated carbocycles. The summed E-state index contributed by atoms with van der Waals surface area (Å²) in [4.78, 5) is 33.9. The highest BCUT2D eigenvalue weighted by Crippen LogP contribution is 2.45. The van der Waals surface area contributed by atoms with Crippen LogP contribution in [0.15, 0.2) is 42.5 Å². The summed E-state index contributed by atoms with van der Waals surface area (Å²) in [6, 6.07) is 12.1. The Kier molecular flexibility index (Phi) is 7.72. The van der Waals surface area contributed by atoms with Crippen molar-refractivity contribution in [3.63, 3.8) is 0 Å². The van der Waals surface area contributed by atoms with Gasteiger partial charge in [-0.25, -0.2) is 9.18 Å². The predicted octanol–water partition coefficient (Wildman–Crippen LogP) is 4.85. The molecule has 13 heteroatoms. The van der Waals surface area contributed by atoms with Crippen molar-refractivity contribution in [1.82, 2.24) is 9.80 Å². The first kappa shape index (κ1) is 30.7. The minimum Gasteiger partial charge on any atom is -0.478 e. The van der Waals surface area contributed by atoms with Crippen LogP contribution in [0.25, 0.3) is 11.1 Å². The Hall–Kier alpha value is -3.61. The van der Waals surface area contributed by atoms with Gasteiger partial charge in [-0.3, -0.25) is 9.69 Å². The third-order valence-corrected chi connectivity index (χ3v) is 10.5. The van der Waals surface area contributed by atoms with Crippen LogP contribution in [0, 0.1) is 11.2 Å². The quantitative estimate of drug-likeness (QED) is 0.392. The molecule has 47 heavy (non-hydrogen) atoms. The number of morpholine rings is 1. The van der Waals surface area contributed by atoms with Gasteiger partial charge < -0.3 is 34.0 Å². The summed E-state index contributed by atoms with van der Waals surface area (Å²) < 4.78 is 32.4. The van der Waals surface area contributed by atoms with Crippen molar-refractivity contribution in [1.29, 1.82) is 0 Å². The van der Waals surface area contributed by atoms with Gasteiger partial charge in [-0.15, -0.1) is 0 Å². The second-order valence-corrected chi connectivity index (χ2v) is 13.9. The largest absolute Gasteiger partial charge is 0.478 e. The van der Waals surface area contributed by atoms with Gasteiger partial charge in [0.15, 0.2) is 6.73 Å². The highest BCUT2D eigenvalue weighted by molar-refractivity contribution is 6.40. The molecule has 0 unspecified atom stereocenters. The molecule has 5 aliphatic rings. The molecule has 0 atom stereocenters. The Balaban J connectivity index is 0.999. The minimum atomic E-state index is -1.21. The van der Waals surface area contributed by atoms with E-state index >= 15 is 4.39 Å². The fourth-order valence-electron chi connectivity index (χ4n) is 7.38. The Morgan fingerprint density at radius 3 is 2.30 bits per heavy atom. The summed E-state index contributed by atoms with van der Waals surface area (Å²) >= 11 is 13.4. The number of likely N-dealkylation sites (tertiary alicyclic amines) is 1. The number of halogens is 3. The fourth-order valence-corrected chi connectivity index (χ4v) is 8.02. The number of hydrogen-bond acceptors (Lipinski definition) is 8. The number of aromatic carboxylic acids is 1. The Morgan fingerprint density at radius 1 is 0.915 bits per heavy atom. The topological polar surface area (TPSA) is 95.0 Å². The van der Waals surface area contributed by atoms with Crippen molar-refractivity contribution in [3.05, 3.63) is 75.0 Å². The third-order valence-electron chi connectivity index (χ3n) is 9.94. The summed E-state index contributed by atoms with van der Waals surface area (Å²) in [6.45, 7) is 7.62. The van der Waals surface area contributed by atoms with Crippen LogP contribution in [-0.4, -0.2) is 105 Å². The maximum absolute atomic E-state index is 15.5. The van der Waals surface area contributed by atoms with Crippen molar-refractivity contribution < 1.29 is 33.3 Å². The summed E-state index contributed by atoms with van der Waals surface area (Å²) in [5.74, 6) is -1.82. The molecule has 0 bridgehead atoms. The molecule has 8 rings (SSSR count).